The molecule has 0 N–H and O–H groups in total. The van der Waals surface area contributed by atoms with E-state index in [1.165, 1.54) is 44.9 Å². The topological polar surface area (TPSA) is 0 Å². The lowest BCUT2D eigenvalue weighted by molar-refractivity contribution is 0.599. The van der Waals surface area contributed by atoms with Crippen LogP contribution >= 0.6 is 12.6 Å². The second-order valence-corrected chi connectivity index (χ2v) is 4.02. The average molecular weight is 174 g/mol. The molecule has 68 valence electrons. The summed E-state index contributed by atoms with van der Waals surface area (Å²) in [4.78, 5) is 0. The molecule has 0 radical (unpaired) electrons. The van der Waals surface area contributed by atoms with E-state index in [2.05, 4.69) is 26.5 Å². The van der Waals surface area contributed by atoms with Gasteiger partial charge >= 0.3 is 0 Å². The Bertz CT molecular complexity index is 71.3. The number of rotatable bonds is 7. The zero-order valence-corrected chi connectivity index (χ0v) is 8.87. The van der Waals surface area contributed by atoms with Crippen LogP contribution < -0.4 is 0 Å². The summed E-state index contributed by atoms with van der Waals surface area (Å²) in [6.45, 7) is 4.49. The summed E-state index contributed by atoms with van der Waals surface area (Å²) < 4.78 is 0. The molecule has 0 aromatic heterocycles. The lowest BCUT2D eigenvalue weighted by atomic mass is 10.1. The predicted molar refractivity (Wildman–Crippen MR) is 56.4 cm³/mol. The van der Waals surface area contributed by atoms with E-state index in [0.717, 1.165) is 0 Å². The fourth-order valence-corrected chi connectivity index (χ4v) is 1.58. The summed E-state index contributed by atoms with van der Waals surface area (Å²) in [7, 11) is 0. The SMILES string of the molecule is CCCCC[C@H](S)CCCC. The molecule has 0 saturated carbocycles. The third-order valence-corrected chi connectivity index (χ3v) is 2.55. The summed E-state index contributed by atoms with van der Waals surface area (Å²) in [6.07, 6.45) is 9.36. The van der Waals surface area contributed by atoms with Gasteiger partial charge in [0.05, 0.1) is 0 Å². The molecule has 0 spiro atoms. The molecule has 0 unspecified atom stereocenters. The van der Waals surface area contributed by atoms with Crippen molar-refractivity contribution in [2.24, 2.45) is 0 Å². The molecule has 0 rings (SSSR count). The van der Waals surface area contributed by atoms with Crippen LogP contribution in [0.15, 0.2) is 0 Å². The molecule has 0 heterocycles. The molecular formula is C10H22S. The van der Waals surface area contributed by atoms with E-state index >= 15 is 0 Å². The minimum atomic E-state index is 0.668. The number of hydrogen-bond acceptors (Lipinski definition) is 1. The van der Waals surface area contributed by atoms with E-state index in [1.807, 2.05) is 0 Å². The van der Waals surface area contributed by atoms with Crippen LogP contribution in [0.4, 0.5) is 0 Å². The zero-order chi connectivity index (χ0) is 8.53. The van der Waals surface area contributed by atoms with E-state index in [-0.39, 0.29) is 0 Å². The van der Waals surface area contributed by atoms with Crippen molar-refractivity contribution in [2.45, 2.75) is 64.0 Å². The molecular weight excluding hydrogens is 152 g/mol. The Morgan fingerprint density at radius 1 is 0.909 bits per heavy atom. The van der Waals surface area contributed by atoms with Crippen LogP contribution in [-0.4, -0.2) is 5.25 Å². The molecule has 0 amide bonds. The average Bonchev–Trinajstić information content (AvgIpc) is 2.01. The molecule has 1 atom stereocenters. The molecule has 1 heteroatoms. The predicted octanol–water partition coefficient (Wildman–Crippen LogP) is 4.06. The molecule has 0 aromatic rings. The Kier molecular flexibility index (Phi) is 8.72. The quantitative estimate of drug-likeness (QED) is 0.437. The van der Waals surface area contributed by atoms with Crippen molar-refractivity contribution in [3.8, 4) is 0 Å². The Hall–Kier alpha value is 0.350. The monoisotopic (exact) mass is 174 g/mol. The van der Waals surface area contributed by atoms with Gasteiger partial charge in [-0.1, -0.05) is 46.0 Å². The first-order valence-electron chi connectivity index (χ1n) is 4.99. The maximum Gasteiger partial charge on any atom is 0.00168 e. The lowest BCUT2D eigenvalue weighted by Gasteiger charge is -2.08. The maximum absolute atomic E-state index is 4.54. The Balaban J connectivity index is 3.02. The van der Waals surface area contributed by atoms with Gasteiger partial charge in [0.1, 0.15) is 0 Å². The van der Waals surface area contributed by atoms with Crippen molar-refractivity contribution in [1.29, 1.82) is 0 Å². The van der Waals surface area contributed by atoms with Crippen molar-refractivity contribution in [3.05, 3.63) is 0 Å². The van der Waals surface area contributed by atoms with Gasteiger partial charge in [0.25, 0.3) is 0 Å². The van der Waals surface area contributed by atoms with Crippen LogP contribution in [0.3, 0.4) is 0 Å². The van der Waals surface area contributed by atoms with Crippen molar-refractivity contribution < 1.29 is 0 Å². The van der Waals surface area contributed by atoms with E-state index in [1.54, 1.807) is 0 Å². The lowest BCUT2D eigenvalue weighted by Crippen LogP contribution is -1.97. The highest BCUT2D eigenvalue weighted by atomic mass is 32.1. The van der Waals surface area contributed by atoms with E-state index in [0.29, 0.717) is 5.25 Å². The summed E-state index contributed by atoms with van der Waals surface area (Å²) in [5, 5.41) is 0.668. The van der Waals surface area contributed by atoms with Crippen molar-refractivity contribution >= 4 is 12.6 Å². The fourth-order valence-electron chi connectivity index (χ4n) is 1.21. The second-order valence-electron chi connectivity index (χ2n) is 3.29. The molecule has 11 heavy (non-hydrogen) atoms. The van der Waals surface area contributed by atoms with Gasteiger partial charge in [-0.3, -0.25) is 0 Å². The van der Waals surface area contributed by atoms with Gasteiger partial charge in [-0.15, -0.1) is 0 Å². The van der Waals surface area contributed by atoms with Gasteiger partial charge in [0, 0.05) is 5.25 Å². The maximum atomic E-state index is 4.54. The Morgan fingerprint density at radius 2 is 1.45 bits per heavy atom. The van der Waals surface area contributed by atoms with Gasteiger partial charge in [0.15, 0.2) is 0 Å². The Labute approximate surface area is 77.2 Å². The third-order valence-electron chi connectivity index (χ3n) is 2.03. The molecule has 0 aliphatic carbocycles. The van der Waals surface area contributed by atoms with Crippen LogP contribution in [0.1, 0.15) is 58.8 Å². The van der Waals surface area contributed by atoms with Crippen molar-refractivity contribution in [3.63, 3.8) is 0 Å². The number of thiol groups is 1. The molecule has 0 aliphatic heterocycles. The first kappa shape index (κ1) is 11.4. The van der Waals surface area contributed by atoms with Gasteiger partial charge in [-0.05, 0) is 12.8 Å². The van der Waals surface area contributed by atoms with E-state index < -0.39 is 0 Å². The summed E-state index contributed by atoms with van der Waals surface area (Å²) in [6, 6.07) is 0. The Morgan fingerprint density at radius 3 is 2.00 bits per heavy atom. The van der Waals surface area contributed by atoms with Crippen molar-refractivity contribution in [2.75, 3.05) is 0 Å². The van der Waals surface area contributed by atoms with Crippen LogP contribution in [0, 0.1) is 0 Å². The van der Waals surface area contributed by atoms with Crippen molar-refractivity contribution in [1.82, 2.24) is 0 Å². The summed E-state index contributed by atoms with van der Waals surface area (Å²) in [5.74, 6) is 0. The molecule has 0 nitrogen and oxygen atoms in total. The standard InChI is InChI=1S/C10H22S/c1-3-5-7-9-10(11)8-6-4-2/h10-11H,3-9H2,1-2H3/t10-/m1/s1. The van der Waals surface area contributed by atoms with Crippen LogP contribution in [0.25, 0.3) is 0 Å². The van der Waals surface area contributed by atoms with Crippen LogP contribution in [0.2, 0.25) is 0 Å². The molecule has 0 saturated heterocycles. The molecule has 0 bridgehead atoms. The molecule has 0 aliphatic rings. The molecule has 0 fully saturated rings. The number of unbranched alkanes of at least 4 members (excludes halogenated alkanes) is 3. The van der Waals surface area contributed by atoms with E-state index in [9.17, 15) is 0 Å². The van der Waals surface area contributed by atoms with Gasteiger partial charge in [-0.25, -0.2) is 0 Å². The van der Waals surface area contributed by atoms with Crippen LogP contribution in [-0.2, 0) is 0 Å². The van der Waals surface area contributed by atoms with Gasteiger partial charge < -0.3 is 0 Å². The van der Waals surface area contributed by atoms with E-state index in [4.69, 9.17) is 0 Å². The third kappa shape index (κ3) is 8.25. The first-order valence-corrected chi connectivity index (χ1v) is 5.51. The first-order chi connectivity index (χ1) is 5.31. The zero-order valence-electron chi connectivity index (χ0n) is 7.97. The second kappa shape index (κ2) is 8.45. The highest BCUT2D eigenvalue weighted by Crippen LogP contribution is 2.14. The minimum absolute atomic E-state index is 0.668. The fraction of sp³-hybridized carbons (Fsp3) is 1.00. The normalized spacial score (nSPS) is 13.4. The number of hydrogen-bond donors (Lipinski definition) is 1. The molecule has 0 aromatic carbocycles. The van der Waals surface area contributed by atoms with Gasteiger partial charge in [0.2, 0.25) is 0 Å². The van der Waals surface area contributed by atoms with Crippen LogP contribution in [0.5, 0.6) is 0 Å². The highest BCUT2D eigenvalue weighted by Gasteiger charge is 2.00. The largest absolute Gasteiger partial charge is 0.176 e. The minimum Gasteiger partial charge on any atom is -0.176 e. The van der Waals surface area contributed by atoms with Gasteiger partial charge in [-0.2, -0.15) is 12.6 Å². The smallest absolute Gasteiger partial charge is 0.00168 e. The summed E-state index contributed by atoms with van der Waals surface area (Å²) >= 11 is 4.54. The highest BCUT2D eigenvalue weighted by molar-refractivity contribution is 7.80. The summed E-state index contributed by atoms with van der Waals surface area (Å²) in [5.41, 5.74) is 0.